The number of halogens is 1. The molecule has 6 heteroatoms. The zero-order valence-electron chi connectivity index (χ0n) is 11.2. The lowest BCUT2D eigenvalue weighted by Gasteiger charge is -2.06. The molecule has 0 atom stereocenters. The van der Waals surface area contributed by atoms with E-state index in [9.17, 15) is 4.39 Å². The second kappa shape index (κ2) is 5.58. The molecule has 3 rings (SSSR count). The van der Waals surface area contributed by atoms with Crippen LogP contribution < -0.4 is 10.1 Å². The van der Waals surface area contributed by atoms with E-state index < -0.39 is 0 Å². The second-order valence-electron chi connectivity index (χ2n) is 4.90. The summed E-state index contributed by atoms with van der Waals surface area (Å²) in [5.41, 5.74) is 0.867. The minimum atomic E-state index is -0.389. The summed E-state index contributed by atoms with van der Waals surface area (Å²) in [6.07, 6.45) is 2.22. The van der Waals surface area contributed by atoms with Gasteiger partial charge in [0.05, 0.1) is 0 Å². The van der Waals surface area contributed by atoms with Gasteiger partial charge in [0, 0.05) is 12.5 Å². The first kappa shape index (κ1) is 13.1. The second-order valence-corrected chi connectivity index (χ2v) is 4.90. The van der Waals surface area contributed by atoms with Gasteiger partial charge in [0.15, 0.2) is 24.0 Å². The van der Waals surface area contributed by atoms with E-state index in [1.807, 2.05) is 13.1 Å². The highest BCUT2D eigenvalue weighted by molar-refractivity contribution is 5.29. The van der Waals surface area contributed by atoms with Gasteiger partial charge in [-0.15, -0.1) is 0 Å². The van der Waals surface area contributed by atoms with Crippen molar-refractivity contribution in [2.24, 2.45) is 0 Å². The highest BCUT2D eigenvalue weighted by Gasteiger charge is 2.28. The van der Waals surface area contributed by atoms with Gasteiger partial charge in [0.25, 0.3) is 5.89 Å². The standard InChI is InChI=1S/C14H16FN3O2/c1-16-7-9-2-5-12(11(15)6-9)19-8-13-17-14(18-20-13)10-3-4-10/h2,5-6,10,16H,3-4,7-8H2,1H3. The third kappa shape index (κ3) is 2.96. The van der Waals surface area contributed by atoms with Gasteiger partial charge < -0.3 is 14.6 Å². The fourth-order valence-electron chi connectivity index (χ4n) is 1.95. The van der Waals surface area contributed by atoms with Gasteiger partial charge in [-0.2, -0.15) is 4.98 Å². The molecule has 1 saturated carbocycles. The first-order chi connectivity index (χ1) is 9.76. The smallest absolute Gasteiger partial charge is 0.264 e. The maximum absolute atomic E-state index is 13.8. The van der Waals surface area contributed by atoms with E-state index >= 15 is 0 Å². The largest absolute Gasteiger partial charge is 0.481 e. The van der Waals surface area contributed by atoms with E-state index in [4.69, 9.17) is 9.26 Å². The lowest BCUT2D eigenvalue weighted by Crippen LogP contribution is -2.05. The molecule has 1 aliphatic rings. The Balaban J connectivity index is 1.61. The molecular formula is C14H16FN3O2. The molecule has 5 nitrogen and oxygen atoms in total. The molecule has 0 unspecified atom stereocenters. The number of aromatic nitrogens is 2. The van der Waals surface area contributed by atoms with Crippen LogP contribution in [0.4, 0.5) is 4.39 Å². The van der Waals surface area contributed by atoms with Crippen LogP contribution in [-0.4, -0.2) is 17.2 Å². The lowest BCUT2D eigenvalue weighted by atomic mass is 10.2. The predicted molar refractivity (Wildman–Crippen MR) is 69.8 cm³/mol. The Morgan fingerprint density at radius 2 is 2.30 bits per heavy atom. The first-order valence-electron chi connectivity index (χ1n) is 6.64. The normalized spacial score (nSPS) is 14.5. The summed E-state index contributed by atoms with van der Waals surface area (Å²) < 4.78 is 24.2. The van der Waals surface area contributed by atoms with Crippen LogP contribution in [0.5, 0.6) is 5.75 Å². The number of rotatable bonds is 6. The van der Waals surface area contributed by atoms with Crippen LogP contribution in [0.2, 0.25) is 0 Å². The third-order valence-electron chi connectivity index (χ3n) is 3.15. The van der Waals surface area contributed by atoms with Crippen LogP contribution >= 0.6 is 0 Å². The Labute approximate surface area is 116 Å². The first-order valence-corrected chi connectivity index (χ1v) is 6.64. The zero-order chi connectivity index (χ0) is 13.9. The molecule has 0 spiro atoms. The summed E-state index contributed by atoms with van der Waals surface area (Å²) in [7, 11) is 1.81. The fourth-order valence-corrected chi connectivity index (χ4v) is 1.95. The molecule has 1 N–H and O–H groups in total. The van der Waals surface area contributed by atoms with Gasteiger partial charge in [0.1, 0.15) is 0 Å². The molecule has 106 valence electrons. The summed E-state index contributed by atoms with van der Waals surface area (Å²) in [5.74, 6) is 1.35. The molecule has 2 aromatic rings. The molecule has 1 fully saturated rings. The number of hydrogen-bond acceptors (Lipinski definition) is 5. The molecule has 1 heterocycles. The molecule has 1 aromatic heterocycles. The zero-order valence-corrected chi connectivity index (χ0v) is 11.2. The van der Waals surface area contributed by atoms with Crippen molar-refractivity contribution in [3.05, 3.63) is 41.3 Å². The van der Waals surface area contributed by atoms with Crippen molar-refractivity contribution >= 4 is 0 Å². The molecule has 1 aliphatic carbocycles. The van der Waals surface area contributed by atoms with Crippen LogP contribution in [0.25, 0.3) is 0 Å². The predicted octanol–water partition coefficient (Wildman–Crippen LogP) is 2.38. The molecule has 1 aromatic carbocycles. The number of hydrogen-bond donors (Lipinski definition) is 1. The van der Waals surface area contributed by atoms with Gasteiger partial charge >= 0.3 is 0 Å². The summed E-state index contributed by atoms with van der Waals surface area (Å²) in [4.78, 5) is 4.23. The van der Waals surface area contributed by atoms with Crippen molar-refractivity contribution in [2.75, 3.05) is 7.05 Å². The molecular weight excluding hydrogens is 261 g/mol. The van der Waals surface area contributed by atoms with Gasteiger partial charge in [-0.1, -0.05) is 11.2 Å². The van der Waals surface area contributed by atoms with E-state index in [0.29, 0.717) is 18.4 Å². The quantitative estimate of drug-likeness (QED) is 0.878. The van der Waals surface area contributed by atoms with Gasteiger partial charge in [-0.05, 0) is 37.6 Å². The SMILES string of the molecule is CNCc1ccc(OCc2nc(C3CC3)no2)c(F)c1. The Hall–Kier alpha value is -1.95. The van der Waals surface area contributed by atoms with Crippen LogP contribution in [-0.2, 0) is 13.2 Å². The topological polar surface area (TPSA) is 60.2 Å². The molecule has 0 amide bonds. The Bertz CT molecular complexity index is 596. The number of ether oxygens (including phenoxy) is 1. The monoisotopic (exact) mass is 277 g/mol. The van der Waals surface area contributed by atoms with E-state index in [0.717, 1.165) is 24.2 Å². The highest BCUT2D eigenvalue weighted by Crippen LogP contribution is 2.38. The van der Waals surface area contributed by atoms with E-state index in [1.165, 1.54) is 6.07 Å². The third-order valence-corrected chi connectivity index (χ3v) is 3.15. The minimum absolute atomic E-state index is 0.0853. The van der Waals surface area contributed by atoms with Crippen molar-refractivity contribution in [1.29, 1.82) is 0 Å². The maximum atomic E-state index is 13.8. The van der Waals surface area contributed by atoms with Crippen molar-refractivity contribution in [3.8, 4) is 5.75 Å². The molecule has 0 aliphatic heterocycles. The number of nitrogens with zero attached hydrogens (tertiary/aromatic N) is 2. The Kier molecular flexibility index (Phi) is 3.64. The van der Waals surface area contributed by atoms with E-state index in [-0.39, 0.29) is 18.2 Å². The van der Waals surface area contributed by atoms with Crippen LogP contribution in [0.3, 0.4) is 0 Å². The summed E-state index contributed by atoms with van der Waals surface area (Å²) in [5, 5.41) is 6.85. The van der Waals surface area contributed by atoms with E-state index in [2.05, 4.69) is 15.5 Å². The average molecular weight is 277 g/mol. The van der Waals surface area contributed by atoms with Crippen molar-refractivity contribution in [3.63, 3.8) is 0 Å². The number of nitrogens with one attached hydrogen (secondary N) is 1. The lowest BCUT2D eigenvalue weighted by molar-refractivity contribution is 0.234. The average Bonchev–Trinajstić information content (AvgIpc) is 3.18. The molecule has 0 bridgehead atoms. The van der Waals surface area contributed by atoms with Crippen LogP contribution in [0, 0.1) is 5.82 Å². The van der Waals surface area contributed by atoms with Crippen molar-refractivity contribution < 1.29 is 13.7 Å². The number of benzene rings is 1. The fraction of sp³-hybridized carbons (Fsp3) is 0.429. The van der Waals surface area contributed by atoms with Crippen LogP contribution in [0.15, 0.2) is 22.7 Å². The summed E-state index contributed by atoms with van der Waals surface area (Å²) in [6, 6.07) is 4.88. The van der Waals surface area contributed by atoms with E-state index in [1.54, 1.807) is 6.07 Å². The van der Waals surface area contributed by atoms with Gasteiger partial charge in [0.2, 0.25) is 0 Å². The highest BCUT2D eigenvalue weighted by atomic mass is 19.1. The minimum Gasteiger partial charge on any atom is -0.481 e. The van der Waals surface area contributed by atoms with Gasteiger partial charge in [-0.25, -0.2) is 4.39 Å². The Morgan fingerprint density at radius 1 is 1.45 bits per heavy atom. The van der Waals surface area contributed by atoms with Gasteiger partial charge in [-0.3, -0.25) is 0 Å². The van der Waals surface area contributed by atoms with Crippen LogP contribution in [0.1, 0.15) is 36.0 Å². The maximum Gasteiger partial charge on any atom is 0.264 e. The molecule has 20 heavy (non-hydrogen) atoms. The molecule has 0 radical (unpaired) electrons. The van der Waals surface area contributed by atoms with Crippen molar-refractivity contribution in [2.45, 2.75) is 31.9 Å². The summed E-state index contributed by atoms with van der Waals surface area (Å²) >= 11 is 0. The van der Waals surface area contributed by atoms with Crippen molar-refractivity contribution in [1.82, 2.24) is 15.5 Å². The summed E-state index contributed by atoms with van der Waals surface area (Å²) in [6.45, 7) is 0.702. The molecule has 0 saturated heterocycles. The Morgan fingerprint density at radius 3 is 3.00 bits per heavy atom.